The normalized spacial score (nSPS) is 40.2. The molecular formula is C11H18O2. The van der Waals surface area contributed by atoms with E-state index in [1.165, 1.54) is 0 Å². The molecule has 2 heteroatoms. The Bertz CT molecular complexity index is 236. The number of carbonyl (C=O) groups is 1. The first-order valence-electron chi connectivity index (χ1n) is 5.05. The van der Waals surface area contributed by atoms with E-state index in [9.17, 15) is 4.79 Å². The van der Waals surface area contributed by atoms with Gasteiger partial charge >= 0.3 is 0 Å². The smallest absolute Gasteiger partial charge is 0.151 e. The second kappa shape index (κ2) is 2.35. The highest BCUT2D eigenvalue weighted by atomic mass is 16.5. The van der Waals surface area contributed by atoms with Gasteiger partial charge in [-0.1, -0.05) is 13.8 Å². The molecule has 0 aromatic rings. The molecule has 0 amide bonds. The van der Waals surface area contributed by atoms with Crippen LogP contribution in [-0.2, 0) is 9.53 Å². The van der Waals surface area contributed by atoms with E-state index in [1.807, 2.05) is 6.92 Å². The molecule has 0 radical (unpaired) electrons. The molecule has 2 aliphatic rings. The summed E-state index contributed by atoms with van der Waals surface area (Å²) in [5, 5.41) is 0. The van der Waals surface area contributed by atoms with Crippen LogP contribution in [0.5, 0.6) is 0 Å². The van der Waals surface area contributed by atoms with E-state index in [2.05, 4.69) is 13.8 Å². The molecule has 1 saturated heterocycles. The van der Waals surface area contributed by atoms with Crippen LogP contribution in [0.1, 0.15) is 46.5 Å². The third-order valence-electron chi connectivity index (χ3n) is 3.38. The fraction of sp³-hybridized carbons (Fsp3) is 0.909. The fourth-order valence-corrected chi connectivity index (χ4v) is 3.10. The first-order chi connectivity index (χ1) is 5.89. The first kappa shape index (κ1) is 9.20. The predicted octanol–water partition coefficient (Wildman–Crippen LogP) is 2.31. The standard InChI is InChI=1S/C11H18O2/c1-9(2)6-11(7-9)5-4-10(3,8-12)13-11/h8H,4-7H2,1-3H3. The second-order valence-electron chi connectivity index (χ2n) is 5.73. The molecule has 0 N–H and O–H groups in total. The van der Waals surface area contributed by atoms with Crippen LogP contribution in [-0.4, -0.2) is 17.5 Å². The maximum absolute atomic E-state index is 10.8. The number of hydrogen-bond acceptors (Lipinski definition) is 2. The van der Waals surface area contributed by atoms with E-state index in [-0.39, 0.29) is 5.60 Å². The summed E-state index contributed by atoms with van der Waals surface area (Å²) in [6.07, 6.45) is 5.15. The van der Waals surface area contributed by atoms with E-state index in [1.54, 1.807) is 0 Å². The first-order valence-corrected chi connectivity index (χ1v) is 5.05. The van der Waals surface area contributed by atoms with Gasteiger partial charge in [0.25, 0.3) is 0 Å². The summed E-state index contributed by atoms with van der Waals surface area (Å²) >= 11 is 0. The minimum atomic E-state index is -0.490. The quantitative estimate of drug-likeness (QED) is 0.582. The maximum Gasteiger partial charge on any atom is 0.151 e. The lowest BCUT2D eigenvalue weighted by Crippen LogP contribution is -2.50. The summed E-state index contributed by atoms with van der Waals surface area (Å²) in [6.45, 7) is 6.43. The second-order valence-corrected chi connectivity index (χ2v) is 5.73. The molecule has 13 heavy (non-hydrogen) atoms. The van der Waals surface area contributed by atoms with E-state index < -0.39 is 5.60 Å². The fourth-order valence-electron chi connectivity index (χ4n) is 3.10. The van der Waals surface area contributed by atoms with E-state index >= 15 is 0 Å². The summed E-state index contributed by atoms with van der Waals surface area (Å²) in [5.41, 5.74) is -0.0101. The van der Waals surface area contributed by atoms with Gasteiger partial charge in [-0.25, -0.2) is 0 Å². The van der Waals surface area contributed by atoms with Gasteiger partial charge in [0.05, 0.1) is 5.60 Å². The van der Waals surface area contributed by atoms with Crippen molar-refractivity contribution in [3.05, 3.63) is 0 Å². The van der Waals surface area contributed by atoms with Gasteiger partial charge in [-0.2, -0.15) is 0 Å². The lowest BCUT2D eigenvalue weighted by molar-refractivity contribution is -0.178. The van der Waals surface area contributed by atoms with Crippen LogP contribution in [0.4, 0.5) is 0 Å². The van der Waals surface area contributed by atoms with Crippen LogP contribution in [0.25, 0.3) is 0 Å². The molecule has 2 rings (SSSR count). The Kier molecular flexibility index (Phi) is 1.66. The van der Waals surface area contributed by atoms with Crippen molar-refractivity contribution in [2.45, 2.75) is 57.7 Å². The van der Waals surface area contributed by atoms with Crippen LogP contribution in [0, 0.1) is 5.41 Å². The molecule has 0 aromatic heterocycles. The molecule has 0 bridgehead atoms. The van der Waals surface area contributed by atoms with Crippen molar-refractivity contribution in [3.63, 3.8) is 0 Å². The number of hydrogen-bond donors (Lipinski definition) is 0. The van der Waals surface area contributed by atoms with Crippen molar-refractivity contribution in [2.75, 3.05) is 0 Å². The van der Waals surface area contributed by atoms with E-state index in [4.69, 9.17) is 4.74 Å². The van der Waals surface area contributed by atoms with Gasteiger partial charge in [0.1, 0.15) is 5.60 Å². The zero-order chi connectivity index (χ0) is 9.74. The lowest BCUT2D eigenvalue weighted by atomic mass is 9.60. The van der Waals surface area contributed by atoms with Gasteiger partial charge in [-0.3, -0.25) is 0 Å². The Labute approximate surface area is 79.7 Å². The van der Waals surface area contributed by atoms with Crippen molar-refractivity contribution in [3.8, 4) is 0 Å². The minimum Gasteiger partial charge on any atom is -0.361 e. The van der Waals surface area contributed by atoms with Gasteiger partial charge < -0.3 is 9.53 Å². The Morgan fingerprint density at radius 1 is 1.15 bits per heavy atom. The summed E-state index contributed by atoms with van der Waals surface area (Å²) < 4.78 is 5.89. The number of aldehydes is 1. The third kappa shape index (κ3) is 1.41. The molecule has 1 unspecified atom stereocenters. The SMILES string of the molecule is CC1(C)CC2(CCC(C)(C=O)O2)C1. The average Bonchev–Trinajstić information content (AvgIpc) is 2.27. The summed E-state index contributed by atoms with van der Waals surface area (Å²) in [5.74, 6) is 0. The average molecular weight is 182 g/mol. The molecular weight excluding hydrogens is 164 g/mol. The van der Waals surface area contributed by atoms with Crippen molar-refractivity contribution < 1.29 is 9.53 Å². The molecule has 1 aliphatic carbocycles. The molecule has 74 valence electrons. The summed E-state index contributed by atoms with van der Waals surface area (Å²) in [6, 6.07) is 0. The Morgan fingerprint density at radius 2 is 1.77 bits per heavy atom. The molecule has 1 spiro atoms. The summed E-state index contributed by atoms with van der Waals surface area (Å²) in [4.78, 5) is 10.8. The third-order valence-corrected chi connectivity index (χ3v) is 3.38. The largest absolute Gasteiger partial charge is 0.361 e. The van der Waals surface area contributed by atoms with Crippen LogP contribution >= 0.6 is 0 Å². The highest BCUT2D eigenvalue weighted by Crippen LogP contribution is 2.57. The predicted molar refractivity (Wildman–Crippen MR) is 50.5 cm³/mol. The summed E-state index contributed by atoms with van der Waals surface area (Å²) in [7, 11) is 0. The zero-order valence-electron chi connectivity index (χ0n) is 8.72. The lowest BCUT2D eigenvalue weighted by Gasteiger charge is -2.51. The molecule has 1 saturated carbocycles. The maximum atomic E-state index is 10.8. The van der Waals surface area contributed by atoms with Crippen LogP contribution < -0.4 is 0 Å². The van der Waals surface area contributed by atoms with Crippen LogP contribution in [0.15, 0.2) is 0 Å². The van der Waals surface area contributed by atoms with Crippen molar-refractivity contribution in [1.82, 2.24) is 0 Å². The zero-order valence-corrected chi connectivity index (χ0v) is 8.72. The topological polar surface area (TPSA) is 26.3 Å². The van der Waals surface area contributed by atoms with Gasteiger partial charge in [0, 0.05) is 0 Å². The molecule has 1 aliphatic heterocycles. The Balaban J connectivity index is 2.04. The highest BCUT2D eigenvalue weighted by Gasteiger charge is 2.57. The highest BCUT2D eigenvalue weighted by molar-refractivity contribution is 5.62. The molecule has 0 aromatic carbocycles. The van der Waals surface area contributed by atoms with Crippen molar-refractivity contribution >= 4 is 6.29 Å². The number of ether oxygens (including phenoxy) is 1. The molecule has 1 atom stereocenters. The number of carbonyl (C=O) groups excluding carboxylic acids is 1. The van der Waals surface area contributed by atoms with Crippen LogP contribution in [0.2, 0.25) is 0 Å². The molecule has 2 nitrogen and oxygen atoms in total. The van der Waals surface area contributed by atoms with Crippen molar-refractivity contribution in [2.24, 2.45) is 5.41 Å². The van der Waals surface area contributed by atoms with E-state index in [0.717, 1.165) is 32.0 Å². The van der Waals surface area contributed by atoms with Gasteiger partial charge in [-0.05, 0) is 38.0 Å². The monoisotopic (exact) mass is 182 g/mol. The van der Waals surface area contributed by atoms with Gasteiger partial charge in [-0.15, -0.1) is 0 Å². The van der Waals surface area contributed by atoms with Crippen LogP contribution in [0.3, 0.4) is 0 Å². The minimum absolute atomic E-state index is 0.0547. The van der Waals surface area contributed by atoms with Gasteiger partial charge in [0.15, 0.2) is 6.29 Å². The molecule has 2 fully saturated rings. The Morgan fingerprint density at radius 3 is 2.15 bits per heavy atom. The molecule has 1 heterocycles. The van der Waals surface area contributed by atoms with Crippen molar-refractivity contribution in [1.29, 1.82) is 0 Å². The van der Waals surface area contributed by atoms with E-state index in [0.29, 0.717) is 5.41 Å². The number of rotatable bonds is 1. The Hall–Kier alpha value is -0.370. The van der Waals surface area contributed by atoms with Gasteiger partial charge in [0.2, 0.25) is 0 Å².